The van der Waals surface area contributed by atoms with Crippen molar-refractivity contribution in [2.75, 3.05) is 0 Å². The van der Waals surface area contributed by atoms with Gasteiger partial charge in [0, 0.05) is 5.56 Å². The Morgan fingerprint density at radius 1 is 1.43 bits per heavy atom. The van der Waals surface area contributed by atoms with Gasteiger partial charge in [0.1, 0.15) is 0 Å². The molecule has 3 heteroatoms. The summed E-state index contributed by atoms with van der Waals surface area (Å²) in [6, 6.07) is 7.72. The first-order valence-electron chi connectivity index (χ1n) is 4.78. The molecule has 1 aliphatic rings. The second kappa shape index (κ2) is 3.19. The second-order valence-corrected chi connectivity index (χ2v) is 3.96. The van der Waals surface area contributed by atoms with E-state index in [2.05, 4.69) is 5.43 Å². The third kappa shape index (κ3) is 1.25. The molecule has 0 fully saturated rings. The summed E-state index contributed by atoms with van der Waals surface area (Å²) in [5, 5.41) is 0. The van der Waals surface area contributed by atoms with Crippen molar-refractivity contribution in [3.63, 3.8) is 0 Å². The minimum Gasteiger partial charge on any atom is -0.292 e. The number of nitrogens with two attached hydrogens (primary N) is 1. The molecule has 0 saturated heterocycles. The van der Waals surface area contributed by atoms with Gasteiger partial charge in [0.2, 0.25) is 0 Å². The van der Waals surface area contributed by atoms with Crippen molar-refractivity contribution in [2.24, 2.45) is 5.84 Å². The fraction of sp³-hybridized carbons (Fsp3) is 0.364. The summed E-state index contributed by atoms with van der Waals surface area (Å²) in [5.41, 5.74) is 3.97. The highest BCUT2D eigenvalue weighted by Crippen LogP contribution is 2.27. The number of hydrazine groups is 1. The molecule has 0 aromatic heterocycles. The van der Waals surface area contributed by atoms with E-state index in [4.69, 9.17) is 5.84 Å². The van der Waals surface area contributed by atoms with E-state index in [1.54, 1.807) is 0 Å². The standard InChI is InChI=1S/C11H14N2O/c1-11(13-12)7-6-8-4-2-3-5-9(8)10(11)14/h2-5,13H,6-7,12H2,1H3/t11-/m0/s1. The summed E-state index contributed by atoms with van der Waals surface area (Å²) < 4.78 is 0. The fourth-order valence-electron chi connectivity index (χ4n) is 1.89. The van der Waals surface area contributed by atoms with Crippen LogP contribution in [0, 0.1) is 0 Å². The number of Topliss-reactive ketones (excluding diaryl/α,β-unsaturated/α-hetero) is 1. The van der Waals surface area contributed by atoms with Crippen LogP contribution in [0.15, 0.2) is 24.3 Å². The van der Waals surface area contributed by atoms with Gasteiger partial charge in [0.15, 0.2) is 5.78 Å². The number of fused-ring (bicyclic) bond motifs is 1. The second-order valence-electron chi connectivity index (χ2n) is 3.96. The predicted molar refractivity (Wildman–Crippen MR) is 54.8 cm³/mol. The van der Waals surface area contributed by atoms with Crippen molar-refractivity contribution in [1.82, 2.24) is 5.43 Å². The van der Waals surface area contributed by atoms with Crippen LogP contribution < -0.4 is 11.3 Å². The summed E-state index contributed by atoms with van der Waals surface area (Å²) in [6.45, 7) is 1.85. The minimum atomic E-state index is -0.589. The van der Waals surface area contributed by atoms with Gasteiger partial charge in [0.25, 0.3) is 0 Å². The van der Waals surface area contributed by atoms with Crippen molar-refractivity contribution in [3.05, 3.63) is 35.4 Å². The molecule has 0 spiro atoms. The zero-order chi connectivity index (χ0) is 10.2. The van der Waals surface area contributed by atoms with Gasteiger partial charge in [-0.25, -0.2) is 5.43 Å². The highest BCUT2D eigenvalue weighted by Gasteiger charge is 2.36. The van der Waals surface area contributed by atoms with Gasteiger partial charge in [-0.15, -0.1) is 0 Å². The van der Waals surface area contributed by atoms with Gasteiger partial charge in [-0.2, -0.15) is 0 Å². The molecule has 0 unspecified atom stereocenters. The zero-order valence-corrected chi connectivity index (χ0v) is 8.21. The summed E-state index contributed by atoms with van der Waals surface area (Å²) in [7, 11) is 0. The van der Waals surface area contributed by atoms with Crippen LogP contribution in [-0.4, -0.2) is 11.3 Å². The van der Waals surface area contributed by atoms with Gasteiger partial charge in [-0.3, -0.25) is 10.6 Å². The number of ketones is 1. The Bertz CT molecular complexity index is 375. The first kappa shape index (κ1) is 9.37. The molecular weight excluding hydrogens is 176 g/mol. The van der Waals surface area contributed by atoms with Gasteiger partial charge in [0.05, 0.1) is 5.54 Å². The summed E-state index contributed by atoms with van der Waals surface area (Å²) in [6.07, 6.45) is 1.67. The number of carbonyl (C=O) groups excluding carboxylic acids is 1. The molecule has 0 radical (unpaired) electrons. The van der Waals surface area contributed by atoms with Gasteiger partial charge in [-0.1, -0.05) is 24.3 Å². The van der Waals surface area contributed by atoms with Crippen LogP contribution in [0.25, 0.3) is 0 Å². The number of benzene rings is 1. The molecule has 3 N–H and O–H groups in total. The molecule has 0 amide bonds. The van der Waals surface area contributed by atoms with E-state index in [9.17, 15) is 4.79 Å². The Kier molecular flexibility index (Phi) is 2.13. The van der Waals surface area contributed by atoms with Gasteiger partial charge >= 0.3 is 0 Å². The summed E-state index contributed by atoms with van der Waals surface area (Å²) in [5.74, 6) is 5.51. The van der Waals surface area contributed by atoms with Crippen LogP contribution in [0.2, 0.25) is 0 Å². The van der Waals surface area contributed by atoms with Crippen molar-refractivity contribution in [2.45, 2.75) is 25.3 Å². The maximum Gasteiger partial charge on any atom is 0.184 e. The lowest BCUT2D eigenvalue weighted by Crippen LogP contribution is -2.55. The average Bonchev–Trinajstić information content (AvgIpc) is 2.24. The number of nitrogens with one attached hydrogen (secondary N) is 1. The van der Waals surface area contributed by atoms with Crippen molar-refractivity contribution in [1.29, 1.82) is 0 Å². The molecule has 1 aromatic rings. The quantitative estimate of drug-likeness (QED) is 0.514. The van der Waals surface area contributed by atoms with Crippen LogP contribution in [-0.2, 0) is 6.42 Å². The Morgan fingerprint density at radius 3 is 2.86 bits per heavy atom. The lowest BCUT2D eigenvalue weighted by Gasteiger charge is -2.32. The first-order chi connectivity index (χ1) is 6.67. The van der Waals surface area contributed by atoms with E-state index in [0.29, 0.717) is 0 Å². The van der Waals surface area contributed by atoms with Crippen LogP contribution >= 0.6 is 0 Å². The third-order valence-electron chi connectivity index (χ3n) is 2.98. The Balaban J connectivity index is 2.46. The smallest absolute Gasteiger partial charge is 0.184 e. The molecule has 14 heavy (non-hydrogen) atoms. The Hall–Kier alpha value is -1.19. The number of carbonyl (C=O) groups is 1. The number of rotatable bonds is 1. The number of aryl methyl sites for hydroxylation is 1. The molecule has 0 bridgehead atoms. The van der Waals surface area contributed by atoms with Crippen molar-refractivity contribution in [3.8, 4) is 0 Å². The number of hydrogen-bond acceptors (Lipinski definition) is 3. The molecule has 0 aliphatic heterocycles. The topological polar surface area (TPSA) is 55.1 Å². The summed E-state index contributed by atoms with van der Waals surface area (Å²) >= 11 is 0. The molecule has 2 rings (SSSR count). The van der Waals surface area contributed by atoms with E-state index in [-0.39, 0.29) is 5.78 Å². The van der Waals surface area contributed by atoms with E-state index >= 15 is 0 Å². The minimum absolute atomic E-state index is 0.0989. The molecular formula is C11H14N2O. The fourth-order valence-corrected chi connectivity index (χ4v) is 1.89. The monoisotopic (exact) mass is 190 g/mol. The molecule has 1 aliphatic carbocycles. The highest BCUT2D eigenvalue weighted by atomic mass is 16.1. The highest BCUT2D eigenvalue weighted by molar-refractivity contribution is 6.05. The SMILES string of the molecule is C[C@]1(NN)CCc2ccccc2C1=O. The molecule has 1 atom stereocenters. The van der Waals surface area contributed by atoms with Crippen LogP contribution in [0.1, 0.15) is 29.3 Å². The average molecular weight is 190 g/mol. The van der Waals surface area contributed by atoms with Crippen molar-refractivity contribution < 1.29 is 4.79 Å². The molecule has 0 heterocycles. The normalized spacial score (nSPS) is 26.0. The van der Waals surface area contributed by atoms with Gasteiger partial charge in [-0.05, 0) is 25.3 Å². The largest absolute Gasteiger partial charge is 0.292 e. The van der Waals surface area contributed by atoms with E-state index in [1.807, 2.05) is 31.2 Å². The van der Waals surface area contributed by atoms with Gasteiger partial charge < -0.3 is 0 Å². The zero-order valence-electron chi connectivity index (χ0n) is 8.21. The van der Waals surface area contributed by atoms with Crippen LogP contribution in [0.4, 0.5) is 0 Å². The number of hydrogen-bond donors (Lipinski definition) is 2. The Labute approximate surface area is 83.3 Å². The third-order valence-corrected chi connectivity index (χ3v) is 2.98. The first-order valence-corrected chi connectivity index (χ1v) is 4.78. The Morgan fingerprint density at radius 2 is 2.14 bits per heavy atom. The van der Waals surface area contributed by atoms with Crippen LogP contribution in [0.5, 0.6) is 0 Å². The molecule has 0 saturated carbocycles. The lowest BCUT2D eigenvalue weighted by atomic mass is 9.78. The maximum atomic E-state index is 12.0. The molecule has 74 valence electrons. The van der Waals surface area contributed by atoms with Crippen LogP contribution in [0.3, 0.4) is 0 Å². The predicted octanol–water partition coefficient (Wildman–Crippen LogP) is 1.04. The molecule has 3 nitrogen and oxygen atoms in total. The van der Waals surface area contributed by atoms with E-state index in [1.165, 1.54) is 0 Å². The maximum absolute atomic E-state index is 12.0. The molecule has 1 aromatic carbocycles. The summed E-state index contributed by atoms with van der Waals surface area (Å²) in [4.78, 5) is 12.0. The van der Waals surface area contributed by atoms with Crippen molar-refractivity contribution >= 4 is 5.78 Å². The lowest BCUT2D eigenvalue weighted by molar-refractivity contribution is 0.0843. The van der Waals surface area contributed by atoms with E-state index < -0.39 is 5.54 Å². The van der Waals surface area contributed by atoms with E-state index in [0.717, 1.165) is 24.0 Å².